The lowest BCUT2D eigenvalue weighted by Crippen LogP contribution is -2.38. The SMILES string of the molecule is CCOc1cc(C(=O)NCCCCc2nc(C)cs2)ccc1OCC(=O)N1CCCCC1. The van der Waals surface area contributed by atoms with Crippen LogP contribution in [-0.4, -0.2) is 54.5 Å². The van der Waals surface area contributed by atoms with Gasteiger partial charge in [-0.1, -0.05) is 0 Å². The first kappa shape index (κ1) is 24.0. The molecule has 0 saturated carbocycles. The summed E-state index contributed by atoms with van der Waals surface area (Å²) in [5.74, 6) is 0.798. The van der Waals surface area contributed by atoms with E-state index < -0.39 is 0 Å². The molecule has 2 aromatic rings. The summed E-state index contributed by atoms with van der Waals surface area (Å²) in [5, 5.41) is 6.16. The Morgan fingerprint density at radius 3 is 2.66 bits per heavy atom. The minimum absolute atomic E-state index is 0.0122. The van der Waals surface area contributed by atoms with Crippen molar-refractivity contribution in [3.8, 4) is 11.5 Å². The molecule has 2 heterocycles. The fourth-order valence-corrected chi connectivity index (χ4v) is 4.45. The predicted molar refractivity (Wildman–Crippen MR) is 126 cm³/mol. The van der Waals surface area contributed by atoms with E-state index in [0.29, 0.717) is 30.2 Å². The minimum Gasteiger partial charge on any atom is -0.490 e. The van der Waals surface area contributed by atoms with Gasteiger partial charge in [-0.3, -0.25) is 9.59 Å². The predicted octanol–water partition coefficient (Wildman–Crippen LogP) is 3.99. The molecule has 7 nitrogen and oxygen atoms in total. The molecule has 1 aliphatic heterocycles. The second-order valence-corrected chi connectivity index (χ2v) is 8.86. The maximum atomic E-state index is 12.5. The largest absolute Gasteiger partial charge is 0.490 e. The fourth-order valence-electron chi connectivity index (χ4n) is 3.63. The van der Waals surface area contributed by atoms with E-state index in [-0.39, 0.29) is 18.4 Å². The molecule has 1 N–H and O–H groups in total. The number of carbonyl (C=O) groups excluding carboxylic acids is 2. The lowest BCUT2D eigenvalue weighted by molar-refractivity contribution is -0.134. The van der Waals surface area contributed by atoms with E-state index in [9.17, 15) is 9.59 Å². The summed E-state index contributed by atoms with van der Waals surface area (Å²) >= 11 is 1.68. The highest BCUT2D eigenvalue weighted by Gasteiger charge is 2.18. The number of piperidine rings is 1. The molecule has 1 aromatic heterocycles. The molecule has 2 amide bonds. The van der Waals surface area contributed by atoms with Crippen LogP contribution < -0.4 is 14.8 Å². The Kier molecular flexibility index (Phi) is 9.34. The molecule has 0 aliphatic carbocycles. The number of rotatable bonds is 11. The van der Waals surface area contributed by atoms with Crippen molar-refractivity contribution in [3.63, 3.8) is 0 Å². The standard InChI is InChI=1S/C24H33N3O4S/c1-3-30-21-15-19(24(29)25-12-6-5-9-22-26-18(2)17-32-22)10-11-20(21)31-16-23(28)27-13-7-4-8-14-27/h10-11,15,17H,3-9,12-14,16H2,1-2H3,(H,25,29). The summed E-state index contributed by atoms with van der Waals surface area (Å²) in [6, 6.07) is 5.09. The van der Waals surface area contributed by atoms with Crippen LogP contribution in [0.2, 0.25) is 0 Å². The molecular formula is C24H33N3O4S. The van der Waals surface area contributed by atoms with Crippen LogP contribution in [0.3, 0.4) is 0 Å². The van der Waals surface area contributed by atoms with E-state index in [2.05, 4.69) is 15.7 Å². The molecule has 3 rings (SSSR count). The lowest BCUT2D eigenvalue weighted by Gasteiger charge is -2.26. The van der Waals surface area contributed by atoms with Crippen molar-refractivity contribution in [2.45, 2.75) is 52.4 Å². The molecule has 32 heavy (non-hydrogen) atoms. The lowest BCUT2D eigenvalue weighted by atomic mass is 10.1. The molecule has 1 aliphatic rings. The average Bonchev–Trinajstić information content (AvgIpc) is 3.23. The van der Waals surface area contributed by atoms with Gasteiger partial charge in [0.25, 0.3) is 11.8 Å². The number of thiazole rings is 1. The summed E-state index contributed by atoms with van der Waals surface area (Å²) in [6.45, 7) is 6.49. The number of unbranched alkanes of at least 4 members (excludes halogenated alkanes) is 1. The van der Waals surface area contributed by atoms with Crippen LogP contribution in [0.4, 0.5) is 0 Å². The van der Waals surface area contributed by atoms with Gasteiger partial charge in [-0.2, -0.15) is 0 Å². The van der Waals surface area contributed by atoms with Gasteiger partial charge >= 0.3 is 0 Å². The summed E-state index contributed by atoms with van der Waals surface area (Å²) in [6.07, 6.45) is 6.08. The number of aryl methyl sites for hydroxylation is 2. The molecule has 174 valence electrons. The van der Waals surface area contributed by atoms with E-state index in [0.717, 1.165) is 55.9 Å². The molecule has 0 spiro atoms. The zero-order valence-corrected chi connectivity index (χ0v) is 19.8. The van der Waals surface area contributed by atoms with Gasteiger partial charge in [0.05, 0.1) is 11.6 Å². The number of hydrogen-bond acceptors (Lipinski definition) is 6. The first-order chi connectivity index (χ1) is 15.6. The number of aromatic nitrogens is 1. The van der Waals surface area contributed by atoms with Gasteiger partial charge in [-0.05, 0) is 70.6 Å². The number of benzene rings is 1. The van der Waals surface area contributed by atoms with E-state index in [1.807, 2.05) is 18.7 Å². The van der Waals surface area contributed by atoms with E-state index >= 15 is 0 Å². The Labute approximate surface area is 194 Å². The monoisotopic (exact) mass is 459 g/mol. The zero-order chi connectivity index (χ0) is 22.8. The van der Waals surface area contributed by atoms with Gasteiger partial charge in [0, 0.05) is 36.3 Å². The number of hydrogen-bond donors (Lipinski definition) is 1. The number of ether oxygens (including phenoxy) is 2. The molecule has 0 atom stereocenters. The Balaban J connectivity index is 1.47. The van der Waals surface area contributed by atoms with Crippen LogP contribution in [0.5, 0.6) is 11.5 Å². The van der Waals surface area contributed by atoms with Crippen molar-refractivity contribution < 1.29 is 19.1 Å². The number of nitrogens with one attached hydrogen (secondary N) is 1. The Bertz CT molecular complexity index is 893. The Hall–Kier alpha value is -2.61. The first-order valence-electron chi connectivity index (χ1n) is 11.4. The summed E-state index contributed by atoms with van der Waals surface area (Å²) in [7, 11) is 0. The van der Waals surface area contributed by atoms with Crippen molar-refractivity contribution >= 4 is 23.2 Å². The van der Waals surface area contributed by atoms with E-state index in [4.69, 9.17) is 9.47 Å². The van der Waals surface area contributed by atoms with Gasteiger partial charge < -0.3 is 19.7 Å². The molecular weight excluding hydrogens is 426 g/mol. The van der Waals surface area contributed by atoms with Crippen LogP contribution >= 0.6 is 11.3 Å². The van der Waals surface area contributed by atoms with Crippen molar-refractivity contribution in [3.05, 3.63) is 39.8 Å². The van der Waals surface area contributed by atoms with Crippen molar-refractivity contribution in [2.24, 2.45) is 0 Å². The van der Waals surface area contributed by atoms with Gasteiger partial charge in [0.2, 0.25) is 0 Å². The molecule has 0 bridgehead atoms. The van der Waals surface area contributed by atoms with E-state index in [1.54, 1.807) is 29.5 Å². The topological polar surface area (TPSA) is 80.8 Å². The zero-order valence-electron chi connectivity index (χ0n) is 19.0. The average molecular weight is 460 g/mol. The number of amides is 2. The van der Waals surface area contributed by atoms with E-state index in [1.165, 1.54) is 6.42 Å². The number of nitrogens with zero attached hydrogens (tertiary/aromatic N) is 2. The van der Waals surface area contributed by atoms with Crippen LogP contribution in [0.15, 0.2) is 23.6 Å². The highest BCUT2D eigenvalue weighted by atomic mass is 32.1. The molecule has 0 unspecified atom stereocenters. The Morgan fingerprint density at radius 2 is 1.94 bits per heavy atom. The molecule has 0 radical (unpaired) electrons. The van der Waals surface area contributed by atoms with Crippen molar-refractivity contribution in [2.75, 3.05) is 32.8 Å². The Morgan fingerprint density at radius 1 is 1.12 bits per heavy atom. The highest BCUT2D eigenvalue weighted by Crippen LogP contribution is 2.28. The quantitative estimate of drug-likeness (QED) is 0.514. The van der Waals surface area contributed by atoms with Gasteiger partial charge in [0.15, 0.2) is 18.1 Å². The highest BCUT2D eigenvalue weighted by molar-refractivity contribution is 7.09. The number of carbonyl (C=O) groups is 2. The molecule has 8 heteroatoms. The second-order valence-electron chi connectivity index (χ2n) is 7.92. The second kappa shape index (κ2) is 12.4. The summed E-state index contributed by atoms with van der Waals surface area (Å²) in [5.41, 5.74) is 1.57. The molecule has 1 saturated heterocycles. The summed E-state index contributed by atoms with van der Waals surface area (Å²) < 4.78 is 11.4. The molecule has 1 fully saturated rings. The number of likely N-dealkylation sites (tertiary alicyclic amines) is 1. The van der Waals surface area contributed by atoms with Gasteiger partial charge in [-0.15, -0.1) is 11.3 Å². The van der Waals surface area contributed by atoms with Crippen LogP contribution in [0, 0.1) is 6.92 Å². The van der Waals surface area contributed by atoms with Crippen LogP contribution in [0.25, 0.3) is 0 Å². The maximum Gasteiger partial charge on any atom is 0.260 e. The maximum absolute atomic E-state index is 12.5. The first-order valence-corrected chi connectivity index (χ1v) is 12.3. The summed E-state index contributed by atoms with van der Waals surface area (Å²) in [4.78, 5) is 31.2. The van der Waals surface area contributed by atoms with Crippen LogP contribution in [0.1, 0.15) is 60.1 Å². The fraction of sp³-hybridized carbons (Fsp3) is 0.542. The van der Waals surface area contributed by atoms with Crippen LogP contribution in [-0.2, 0) is 11.2 Å². The van der Waals surface area contributed by atoms with Crippen molar-refractivity contribution in [1.82, 2.24) is 15.2 Å². The third-order valence-electron chi connectivity index (χ3n) is 5.34. The third-order valence-corrected chi connectivity index (χ3v) is 6.36. The smallest absolute Gasteiger partial charge is 0.260 e. The van der Waals surface area contributed by atoms with Gasteiger partial charge in [-0.25, -0.2) is 4.98 Å². The minimum atomic E-state index is -0.146. The molecule has 1 aromatic carbocycles. The third kappa shape index (κ3) is 7.22. The van der Waals surface area contributed by atoms with Gasteiger partial charge in [0.1, 0.15) is 0 Å². The van der Waals surface area contributed by atoms with Crippen molar-refractivity contribution in [1.29, 1.82) is 0 Å². The normalized spacial score (nSPS) is 13.6.